The fourth-order valence-electron chi connectivity index (χ4n) is 3.53. The Hall–Kier alpha value is -3.08. The first-order valence-electron chi connectivity index (χ1n) is 10.4. The van der Waals surface area contributed by atoms with Crippen LogP contribution in [0.5, 0.6) is 0 Å². The molecule has 5 heteroatoms. The van der Waals surface area contributed by atoms with E-state index in [9.17, 15) is 4.79 Å². The van der Waals surface area contributed by atoms with E-state index in [1.165, 1.54) is 5.56 Å². The van der Waals surface area contributed by atoms with E-state index < -0.39 is 0 Å². The molecule has 0 atom stereocenters. The second kappa shape index (κ2) is 10.0. The summed E-state index contributed by atoms with van der Waals surface area (Å²) in [5.41, 5.74) is 6.03. The van der Waals surface area contributed by atoms with Gasteiger partial charge in [-0.25, -0.2) is 0 Å². The van der Waals surface area contributed by atoms with E-state index in [2.05, 4.69) is 47.6 Å². The van der Waals surface area contributed by atoms with Crippen molar-refractivity contribution in [2.75, 3.05) is 11.6 Å². The summed E-state index contributed by atoms with van der Waals surface area (Å²) in [6.07, 6.45) is 4.74. The summed E-state index contributed by atoms with van der Waals surface area (Å²) >= 11 is 8.05. The number of hydrogen-bond donors (Lipinski definition) is 1. The van der Waals surface area contributed by atoms with Gasteiger partial charge in [0.15, 0.2) is 0 Å². The van der Waals surface area contributed by atoms with Gasteiger partial charge in [0.1, 0.15) is 0 Å². The largest absolute Gasteiger partial charge is 0.322 e. The maximum Gasteiger partial charge on any atom is 0.256 e. The highest BCUT2D eigenvalue weighted by Crippen LogP contribution is 2.32. The first kappa shape index (κ1) is 22.1. The van der Waals surface area contributed by atoms with E-state index in [-0.39, 0.29) is 5.91 Å². The van der Waals surface area contributed by atoms with E-state index in [1.807, 2.05) is 42.7 Å². The molecule has 3 nitrogen and oxygen atoms in total. The number of nitrogens with one attached hydrogen (secondary N) is 1. The number of aryl methyl sites for hydroxylation is 1. The zero-order valence-electron chi connectivity index (χ0n) is 17.9. The van der Waals surface area contributed by atoms with Gasteiger partial charge in [0.05, 0.1) is 10.7 Å². The van der Waals surface area contributed by atoms with Gasteiger partial charge in [0.25, 0.3) is 5.91 Å². The third-order valence-corrected chi connectivity index (χ3v) is 6.36. The highest BCUT2D eigenvalue weighted by Gasteiger charge is 2.15. The zero-order valence-corrected chi connectivity index (χ0v) is 19.5. The Morgan fingerprint density at radius 2 is 1.78 bits per heavy atom. The fourth-order valence-corrected chi connectivity index (χ4v) is 4.18. The number of benzene rings is 3. The molecule has 0 aliphatic carbocycles. The van der Waals surface area contributed by atoms with E-state index in [0.717, 1.165) is 33.7 Å². The molecule has 1 N–H and O–H groups in total. The minimum absolute atomic E-state index is 0.165. The summed E-state index contributed by atoms with van der Waals surface area (Å²) in [6.45, 7) is 2.13. The molecule has 32 heavy (non-hydrogen) atoms. The molecule has 0 fully saturated rings. The van der Waals surface area contributed by atoms with Crippen LogP contribution >= 0.6 is 23.4 Å². The Labute approximate surface area is 197 Å². The summed E-state index contributed by atoms with van der Waals surface area (Å²) in [4.78, 5) is 18.8. The van der Waals surface area contributed by atoms with Gasteiger partial charge in [-0.2, -0.15) is 0 Å². The molecule has 0 saturated carbocycles. The van der Waals surface area contributed by atoms with Crippen molar-refractivity contribution in [3.63, 3.8) is 0 Å². The smallest absolute Gasteiger partial charge is 0.256 e. The number of carbonyl (C=O) groups is 1. The zero-order chi connectivity index (χ0) is 22.5. The lowest BCUT2D eigenvalue weighted by atomic mass is 9.97. The molecular formula is C27H23ClN2OS. The number of hydrogen-bond acceptors (Lipinski definition) is 3. The van der Waals surface area contributed by atoms with Crippen molar-refractivity contribution in [2.45, 2.75) is 18.2 Å². The van der Waals surface area contributed by atoms with Crippen LogP contribution < -0.4 is 5.32 Å². The third kappa shape index (κ3) is 4.87. The predicted molar refractivity (Wildman–Crippen MR) is 136 cm³/mol. The molecule has 0 bridgehead atoms. The minimum atomic E-state index is -0.165. The fraction of sp³-hybridized carbons (Fsp3) is 0.111. The lowest BCUT2D eigenvalue weighted by Gasteiger charge is -2.13. The van der Waals surface area contributed by atoms with Crippen LogP contribution in [0.25, 0.3) is 22.4 Å². The van der Waals surface area contributed by atoms with Crippen molar-refractivity contribution < 1.29 is 4.79 Å². The van der Waals surface area contributed by atoms with Gasteiger partial charge in [0, 0.05) is 27.9 Å². The Bertz CT molecular complexity index is 1240. The minimum Gasteiger partial charge on any atom is -0.322 e. The van der Waals surface area contributed by atoms with E-state index >= 15 is 0 Å². The van der Waals surface area contributed by atoms with Crippen LogP contribution in [0.4, 0.5) is 5.69 Å². The number of nitrogens with zero attached hydrogens (tertiary/aromatic N) is 1. The molecule has 4 rings (SSSR count). The number of anilines is 1. The first-order valence-corrected chi connectivity index (χ1v) is 12.0. The Balaban J connectivity index is 1.68. The molecule has 1 aromatic heterocycles. The number of carbonyl (C=O) groups excluding carboxylic acids is 1. The van der Waals surface area contributed by atoms with Crippen LogP contribution in [0.1, 0.15) is 22.8 Å². The maximum atomic E-state index is 13.3. The number of amides is 1. The molecule has 4 aromatic rings. The predicted octanol–water partition coefficient (Wildman–Crippen LogP) is 7.61. The van der Waals surface area contributed by atoms with Gasteiger partial charge in [-0.3, -0.25) is 9.78 Å². The highest BCUT2D eigenvalue weighted by atomic mass is 35.5. The summed E-state index contributed by atoms with van der Waals surface area (Å²) in [7, 11) is 0. The molecule has 0 radical (unpaired) electrons. The summed E-state index contributed by atoms with van der Waals surface area (Å²) in [6, 6.07) is 25.4. The second-order valence-corrected chi connectivity index (χ2v) is 8.61. The molecule has 1 amide bonds. The maximum absolute atomic E-state index is 13.3. The molecule has 0 aliphatic rings. The van der Waals surface area contributed by atoms with Crippen LogP contribution in [0.15, 0.2) is 90.0 Å². The molecule has 160 valence electrons. The molecule has 3 aromatic carbocycles. The lowest BCUT2D eigenvalue weighted by Crippen LogP contribution is -2.13. The van der Waals surface area contributed by atoms with Crippen LogP contribution in [-0.4, -0.2) is 17.1 Å². The standard InChI is InChI=1S/C27H23ClN2OS/c1-3-18-7-9-19(10-8-18)23-17-21(32-2)12-13-22(23)27(31)30-20-11-14-25(28)24(16-20)26-6-4-5-15-29-26/h4-17H,3H2,1-2H3,(H,30,31). The van der Waals surface area contributed by atoms with Crippen molar-refractivity contribution >= 4 is 35.0 Å². The van der Waals surface area contributed by atoms with Crippen LogP contribution in [0.3, 0.4) is 0 Å². The Morgan fingerprint density at radius 3 is 2.47 bits per heavy atom. The van der Waals surface area contributed by atoms with Crippen molar-refractivity contribution in [1.29, 1.82) is 0 Å². The average molecular weight is 459 g/mol. The van der Waals surface area contributed by atoms with Gasteiger partial charge in [-0.05, 0) is 77.9 Å². The molecular weight excluding hydrogens is 436 g/mol. The number of rotatable bonds is 6. The lowest BCUT2D eigenvalue weighted by molar-refractivity contribution is 0.102. The number of pyridine rings is 1. The Kier molecular flexibility index (Phi) is 6.93. The van der Waals surface area contributed by atoms with Crippen LogP contribution in [0, 0.1) is 0 Å². The topological polar surface area (TPSA) is 42.0 Å². The number of thioether (sulfide) groups is 1. The summed E-state index contributed by atoms with van der Waals surface area (Å²) in [5.74, 6) is -0.165. The van der Waals surface area contributed by atoms with Gasteiger partial charge >= 0.3 is 0 Å². The molecule has 0 aliphatic heterocycles. The average Bonchev–Trinajstić information content (AvgIpc) is 2.85. The molecule has 0 unspecified atom stereocenters. The number of aromatic nitrogens is 1. The molecule has 1 heterocycles. The van der Waals surface area contributed by atoms with Crippen LogP contribution in [-0.2, 0) is 6.42 Å². The van der Waals surface area contributed by atoms with Gasteiger partial charge in [0.2, 0.25) is 0 Å². The first-order chi connectivity index (χ1) is 15.6. The Morgan fingerprint density at radius 1 is 0.969 bits per heavy atom. The van der Waals surface area contributed by atoms with Crippen LogP contribution in [0.2, 0.25) is 5.02 Å². The van der Waals surface area contributed by atoms with Crippen molar-refractivity contribution in [1.82, 2.24) is 4.98 Å². The summed E-state index contributed by atoms with van der Waals surface area (Å²) < 4.78 is 0. The van der Waals surface area contributed by atoms with Crippen molar-refractivity contribution in [3.8, 4) is 22.4 Å². The van der Waals surface area contributed by atoms with Gasteiger partial charge < -0.3 is 5.32 Å². The van der Waals surface area contributed by atoms with Gasteiger partial charge in [-0.15, -0.1) is 11.8 Å². The quantitative estimate of drug-likeness (QED) is 0.302. The van der Waals surface area contributed by atoms with E-state index in [4.69, 9.17) is 11.6 Å². The third-order valence-electron chi connectivity index (χ3n) is 5.31. The molecule has 0 spiro atoms. The monoisotopic (exact) mass is 458 g/mol. The second-order valence-electron chi connectivity index (χ2n) is 7.33. The summed E-state index contributed by atoms with van der Waals surface area (Å²) in [5, 5.41) is 3.62. The normalized spacial score (nSPS) is 10.7. The van der Waals surface area contributed by atoms with E-state index in [0.29, 0.717) is 16.3 Å². The van der Waals surface area contributed by atoms with E-state index in [1.54, 1.807) is 30.1 Å². The number of halogens is 1. The highest BCUT2D eigenvalue weighted by molar-refractivity contribution is 7.98. The van der Waals surface area contributed by atoms with Crippen molar-refractivity contribution in [2.24, 2.45) is 0 Å². The SMILES string of the molecule is CCc1ccc(-c2cc(SC)ccc2C(=O)Nc2ccc(Cl)c(-c3ccccn3)c2)cc1. The van der Waals surface area contributed by atoms with Gasteiger partial charge in [-0.1, -0.05) is 48.9 Å². The molecule has 0 saturated heterocycles. The van der Waals surface area contributed by atoms with Crippen molar-refractivity contribution in [3.05, 3.63) is 101 Å².